The molecule has 0 aliphatic heterocycles. The quantitative estimate of drug-likeness (QED) is 0.492. The summed E-state index contributed by atoms with van der Waals surface area (Å²) in [7, 11) is 0. The van der Waals surface area contributed by atoms with Gasteiger partial charge in [-0.05, 0) is 26.0 Å². The number of fused-ring (bicyclic) bond motifs is 1. The van der Waals surface area contributed by atoms with Gasteiger partial charge in [-0.2, -0.15) is 4.68 Å². The topological polar surface area (TPSA) is 125 Å². The van der Waals surface area contributed by atoms with Crippen LogP contribution in [0.3, 0.4) is 0 Å². The summed E-state index contributed by atoms with van der Waals surface area (Å²) in [6, 6.07) is 7.17. The number of aromatic nitrogens is 4. The van der Waals surface area contributed by atoms with E-state index in [4.69, 9.17) is 13.6 Å². The maximum Gasteiger partial charge on any atom is 0.437 e. The number of para-hydroxylation sites is 1. The summed E-state index contributed by atoms with van der Waals surface area (Å²) in [5.74, 6) is -0.343. The van der Waals surface area contributed by atoms with Crippen molar-refractivity contribution in [3.63, 3.8) is 0 Å². The first-order chi connectivity index (χ1) is 14.5. The minimum Gasteiger partial charge on any atom is -0.490 e. The molecule has 0 bridgehead atoms. The zero-order valence-corrected chi connectivity index (χ0v) is 16.4. The van der Waals surface area contributed by atoms with Crippen molar-refractivity contribution in [3.05, 3.63) is 58.6 Å². The van der Waals surface area contributed by atoms with Crippen molar-refractivity contribution in [1.82, 2.24) is 25.1 Å². The Morgan fingerprint density at radius 2 is 2.10 bits per heavy atom. The largest absolute Gasteiger partial charge is 0.490 e. The maximum absolute atomic E-state index is 12.2. The summed E-state index contributed by atoms with van der Waals surface area (Å²) < 4.78 is 17.4. The molecule has 0 aliphatic rings. The van der Waals surface area contributed by atoms with Gasteiger partial charge >= 0.3 is 5.76 Å². The third-order valence-corrected chi connectivity index (χ3v) is 4.22. The number of carbonyl (C=O) groups excluding carboxylic acids is 1. The van der Waals surface area contributed by atoms with E-state index in [2.05, 4.69) is 20.4 Å². The molecule has 0 aliphatic carbocycles. The Kier molecular flexibility index (Phi) is 5.29. The molecular formula is C20H19N5O5. The predicted octanol–water partition coefficient (Wildman–Crippen LogP) is 2.06. The highest BCUT2D eigenvalue weighted by Gasteiger charge is 2.18. The molecule has 0 atom stereocenters. The lowest BCUT2D eigenvalue weighted by atomic mass is 10.2. The van der Waals surface area contributed by atoms with Gasteiger partial charge in [-0.25, -0.2) is 4.79 Å². The van der Waals surface area contributed by atoms with Gasteiger partial charge in [0.05, 0.1) is 30.7 Å². The number of hydrogen-bond acceptors (Lipinski definition) is 8. The van der Waals surface area contributed by atoms with Crippen LogP contribution in [-0.4, -0.2) is 32.3 Å². The smallest absolute Gasteiger partial charge is 0.437 e. The van der Waals surface area contributed by atoms with Crippen LogP contribution in [0, 0.1) is 6.92 Å². The normalized spacial score (nSPS) is 11.0. The van der Waals surface area contributed by atoms with Gasteiger partial charge in [0, 0.05) is 11.6 Å². The van der Waals surface area contributed by atoms with Gasteiger partial charge in [0.15, 0.2) is 17.1 Å². The number of hydrogen-bond donors (Lipinski definition) is 1. The average Bonchev–Trinajstić information content (AvgIpc) is 3.32. The predicted molar refractivity (Wildman–Crippen MR) is 106 cm³/mol. The Hall–Kier alpha value is -3.95. The SMILES string of the molecule is CCOc1cccc2cc(-c3nn(CC(=O)NCc4cnc(C)cn4)c(=O)o3)oc12. The van der Waals surface area contributed by atoms with Crippen LogP contribution in [-0.2, 0) is 17.9 Å². The number of ether oxygens (including phenoxy) is 1. The van der Waals surface area contributed by atoms with Crippen molar-refractivity contribution in [2.45, 2.75) is 26.9 Å². The third kappa shape index (κ3) is 4.07. The van der Waals surface area contributed by atoms with Gasteiger partial charge in [-0.3, -0.25) is 14.8 Å². The van der Waals surface area contributed by atoms with E-state index in [0.717, 1.165) is 15.8 Å². The van der Waals surface area contributed by atoms with Gasteiger partial charge in [0.2, 0.25) is 5.91 Å². The lowest BCUT2D eigenvalue weighted by molar-refractivity contribution is -0.122. The van der Waals surface area contributed by atoms with Gasteiger partial charge in [-0.15, -0.1) is 5.10 Å². The van der Waals surface area contributed by atoms with Crippen LogP contribution in [0.1, 0.15) is 18.3 Å². The Balaban J connectivity index is 1.48. The summed E-state index contributed by atoms with van der Waals surface area (Å²) in [5, 5.41) is 7.52. The van der Waals surface area contributed by atoms with Crippen LogP contribution in [0.15, 0.2) is 50.3 Å². The highest BCUT2D eigenvalue weighted by Crippen LogP contribution is 2.32. The lowest BCUT2D eigenvalue weighted by Gasteiger charge is -2.03. The first-order valence-corrected chi connectivity index (χ1v) is 9.31. The van der Waals surface area contributed by atoms with Crippen molar-refractivity contribution in [1.29, 1.82) is 0 Å². The summed E-state index contributed by atoms with van der Waals surface area (Å²) in [5.41, 5.74) is 1.92. The van der Waals surface area contributed by atoms with E-state index in [1.807, 2.05) is 26.0 Å². The van der Waals surface area contributed by atoms with Crippen LogP contribution in [0.25, 0.3) is 22.6 Å². The minimum absolute atomic E-state index is 0.0177. The molecule has 1 aromatic carbocycles. The molecule has 0 radical (unpaired) electrons. The van der Waals surface area contributed by atoms with E-state index in [0.29, 0.717) is 23.6 Å². The monoisotopic (exact) mass is 409 g/mol. The Morgan fingerprint density at radius 3 is 2.87 bits per heavy atom. The van der Waals surface area contributed by atoms with E-state index in [1.54, 1.807) is 24.5 Å². The zero-order chi connectivity index (χ0) is 21.1. The van der Waals surface area contributed by atoms with Crippen molar-refractivity contribution in [2.24, 2.45) is 0 Å². The number of carbonyl (C=O) groups is 1. The fourth-order valence-corrected chi connectivity index (χ4v) is 2.81. The lowest BCUT2D eigenvalue weighted by Crippen LogP contribution is -2.31. The fraction of sp³-hybridized carbons (Fsp3) is 0.250. The molecule has 4 aromatic rings. The number of nitrogens with zero attached hydrogens (tertiary/aromatic N) is 4. The summed E-state index contributed by atoms with van der Waals surface area (Å²) >= 11 is 0. The first kappa shape index (κ1) is 19.4. The van der Waals surface area contributed by atoms with E-state index in [9.17, 15) is 9.59 Å². The van der Waals surface area contributed by atoms with Crippen LogP contribution >= 0.6 is 0 Å². The van der Waals surface area contributed by atoms with Crippen molar-refractivity contribution >= 4 is 16.9 Å². The molecule has 4 rings (SSSR count). The molecule has 154 valence electrons. The minimum atomic E-state index is -0.763. The molecule has 1 amide bonds. The van der Waals surface area contributed by atoms with E-state index in [1.165, 1.54) is 0 Å². The molecule has 30 heavy (non-hydrogen) atoms. The molecule has 1 N–H and O–H groups in total. The number of rotatable bonds is 7. The summed E-state index contributed by atoms with van der Waals surface area (Å²) in [6.45, 7) is 4.08. The highest BCUT2D eigenvalue weighted by molar-refractivity contribution is 5.86. The second kappa shape index (κ2) is 8.19. The fourth-order valence-electron chi connectivity index (χ4n) is 2.81. The maximum atomic E-state index is 12.2. The molecular weight excluding hydrogens is 390 g/mol. The van der Waals surface area contributed by atoms with Crippen molar-refractivity contribution < 1.29 is 18.4 Å². The molecule has 10 nitrogen and oxygen atoms in total. The average molecular weight is 409 g/mol. The number of aryl methyl sites for hydroxylation is 1. The number of benzene rings is 1. The standard InChI is InChI=1S/C20H19N5O5/c1-3-28-15-6-4-5-13-7-16(29-18(13)15)19-24-25(20(27)30-19)11-17(26)23-10-14-9-21-12(2)8-22-14/h4-9H,3,10-11H2,1-2H3,(H,23,26). The first-order valence-electron chi connectivity index (χ1n) is 9.31. The molecule has 0 fully saturated rings. The molecule has 3 heterocycles. The molecule has 10 heteroatoms. The molecule has 0 spiro atoms. The van der Waals surface area contributed by atoms with Gasteiger partial charge < -0.3 is 18.9 Å². The van der Waals surface area contributed by atoms with Gasteiger partial charge in [-0.1, -0.05) is 12.1 Å². The molecule has 0 saturated heterocycles. The summed E-state index contributed by atoms with van der Waals surface area (Å²) in [4.78, 5) is 32.5. The number of furan rings is 1. The van der Waals surface area contributed by atoms with E-state index < -0.39 is 11.7 Å². The molecule has 0 saturated carbocycles. The van der Waals surface area contributed by atoms with Crippen LogP contribution in [0.2, 0.25) is 0 Å². The third-order valence-electron chi connectivity index (χ3n) is 4.22. The number of amides is 1. The second-order valence-corrected chi connectivity index (χ2v) is 6.47. The zero-order valence-electron chi connectivity index (χ0n) is 16.4. The Bertz CT molecular complexity index is 1240. The summed E-state index contributed by atoms with van der Waals surface area (Å²) in [6.07, 6.45) is 3.19. The number of nitrogens with one attached hydrogen (secondary N) is 1. The molecule has 3 aromatic heterocycles. The van der Waals surface area contributed by atoms with Crippen molar-refractivity contribution in [3.8, 4) is 17.4 Å². The molecule has 0 unspecified atom stereocenters. The van der Waals surface area contributed by atoms with Crippen LogP contribution < -0.4 is 15.8 Å². The van der Waals surface area contributed by atoms with Gasteiger partial charge in [0.25, 0.3) is 5.89 Å². The van der Waals surface area contributed by atoms with Crippen LogP contribution in [0.5, 0.6) is 5.75 Å². The second-order valence-electron chi connectivity index (χ2n) is 6.47. The Labute approximate surface area is 170 Å². The van der Waals surface area contributed by atoms with Crippen molar-refractivity contribution in [2.75, 3.05) is 6.61 Å². The highest BCUT2D eigenvalue weighted by atomic mass is 16.5. The van der Waals surface area contributed by atoms with E-state index >= 15 is 0 Å². The Morgan fingerprint density at radius 1 is 1.23 bits per heavy atom. The van der Waals surface area contributed by atoms with Crippen LogP contribution in [0.4, 0.5) is 0 Å². The van der Waals surface area contributed by atoms with Gasteiger partial charge in [0.1, 0.15) is 6.54 Å². The van der Waals surface area contributed by atoms with E-state index in [-0.39, 0.29) is 24.7 Å².